The van der Waals surface area contributed by atoms with Crippen molar-refractivity contribution < 1.29 is 37.3 Å². The van der Waals surface area contributed by atoms with Crippen molar-refractivity contribution >= 4 is 90.7 Å². The topological polar surface area (TPSA) is 233 Å². The number of carbonyl (C=O) groups excluding carboxylic acids is 4. The van der Waals surface area contributed by atoms with Crippen LogP contribution in [0.4, 0.5) is 17.1 Å². The molecule has 3 saturated heterocycles. The van der Waals surface area contributed by atoms with E-state index in [0.717, 1.165) is 129 Å². The number of thioether (sulfide) groups is 1. The Kier molecular flexibility index (Phi) is 18.0. The molecule has 6 aromatic rings. The number of unbranched alkanes of at least 4 members (excludes halogenated alkanes) is 2. The number of imide groups is 1. The van der Waals surface area contributed by atoms with E-state index in [0.29, 0.717) is 49.6 Å². The van der Waals surface area contributed by atoms with Gasteiger partial charge >= 0.3 is 0 Å². The molecule has 1 atom stereocenters. The fraction of sp³-hybridized carbons (Fsp3) is 0.413. The Morgan fingerprint density at radius 1 is 0.906 bits per heavy atom. The van der Waals surface area contributed by atoms with Crippen molar-refractivity contribution in [3.63, 3.8) is 0 Å². The SMILES string of the molecule is CC1(C)CCC(CN2CCN(c3ccc(C(=O)NS(=O)(=O)c4ccc(NCC5CCN(CCCCCSc6cccc7c6CN(C6CCC(=O)NC6=O)C7=O)CC5)c([N+](=O)[O-])c4)c(Oc4cnc5[nH]ccc5c4)c3)CC2)=C(c2ccc(Cl)cc2)C1. The number of fused-ring (bicyclic) bond motifs is 2. The molecule has 0 spiro atoms. The monoisotopic (exact) mass is 1210 g/mol. The third-order valence-corrected chi connectivity index (χ3v) is 20.0. The number of nitro groups is 1. The van der Waals surface area contributed by atoms with Gasteiger partial charge in [0.2, 0.25) is 11.8 Å². The molecule has 446 valence electrons. The first-order valence-corrected chi connectivity index (χ1v) is 32.2. The Balaban J connectivity index is 0.669. The Hall–Kier alpha value is -7.30. The number of sulfonamides is 1. The third kappa shape index (κ3) is 14.0. The number of H-pyrrole nitrogens is 1. The number of allylic oxidation sites excluding steroid dienone is 1. The number of rotatable bonds is 21. The smallest absolute Gasteiger partial charge is 0.293 e. The molecule has 0 saturated carbocycles. The zero-order valence-corrected chi connectivity index (χ0v) is 50.3. The fourth-order valence-electron chi connectivity index (χ4n) is 12.4. The molecule has 22 heteroatoms. The lowest BCUT2D eigenvalue weighted by molar-refractivity contribution is -0.384. The van der Waals surface area contributed by atoms with Gasteiger partial charge in [-0.25, -0.2) is 18.1 Å². The normalized spacial score (nSPS) is 18.9. The minimum atomic E-state index is -4.62. The number of likely N-dealkylation sites (tertiary alicyclic amines) is 1. The maximum absolute atomic E-state index is 14.2. The van der Waals surface area contributed by atoms with Crippen molar-refractivity contribution in [2.24, 2.45) is 11.3 Å². The number of nitrogens with zero attached hydrogens (tertiary/aromatic N) is 6. The van der Waals surface area contributed by atoms with Gasteiger partial charge in [0.1, 0.15) is 28.9 Å². The summed E-state index contributed by atoms with van der Waals surface area (Å²) in [7, 11) is -4.62. The van der Waals surface area contributed by atoms with Crippen LogP contribution in [0.1, 0.15) is 110 Å². The van der Waals surface area contributed by atoms with Crippen LogP contribution >= 0.6 is 23.4 Å². The van der Waals surface area contributed by atoms with Crippen molar-refractivity contribution in [2.75, 3.05) is 74.9 Å². The number of nitro benzene ring substituents is 1. The predicted molar refractivity (Wildman–Crippen MR) is 330 cm³/mol. The number of halogens is 1. The number of piperazine rings is 1. The molecule has 0 bridgehead atoms. The second-order valence-corrected chi connectivity index (χ2v) is 26.9. The van der Waals surface area contributed by atoms with Crippen molar-refractivity contribution in [3.05, 3.63) is 146 Å². The predicted octanol–water partition coefficient (Wildman–Crippen LogP) is 10.7. The minimum absolute atomic E-state index is 0.0502. The first-order valence-electron chi connectivity index (χ1n) is 29.3. The average molecular weight is 1210 g/mol. The second kappa shape index (κ2) is 25.7. The number of nitrogens with one attached hydrogen (secondary N) is 4. The van der Waals surface area contributed by atoms with E-state index < -0.39 is 43.4 Å². The Morgan fingerprint density at radius 3 is 2.48 bits per heavy atom. The highest BCUT2D eigenvalue weighted by Gasteiger charge is 2.40. The van der Waals surface area contributed by atoms with Gasteiger partial charge in [0, 0.05) is 97.1 Å². The van der Waals surface area contributed by atoms with Crippen LogP contribution in [0.2, 0.25) is 5.02 Å². The molecule has 1 aliphatic carbocycles. The molecule has 3 fully saturated rings. The molecule has 19 nitrogen and oxygen atoms in total. The number of aromatic amines is 1. The van der Waals surface area contributed by atoms with E-state index in [-0.39, 0.29) is 46.6 Å². The van der Waals surface area contributed by atoms with Gasteiger partial charge in [0.15, 0.2) is 0 Å². The molecular weight excluding hydrogens is 1140 g/mol. The number of anilines is 2. The summed E-state index contributed by atoms with van der Waals surface area (Å²) < 4.78 is 36.5. The van der Waals surface area contributed by atoms with Gasteiger partial charge in [-0.15, -0.1) is 11.8 Å². The zero-order valence-electron chi connectivity index (χ0n) is 47.9. The van der Waals surface area contributed by atoms with Crippen LogP contribution in [0.5, 0.6) is 11.5 Å². The second-order valence-electron chi connectivity index (χ2n) is 23.7. The van der Waals surface area contributed by atoms with Crippen LogP contribution in [0, 0.1) is 21.4 Å². The Bertz CT molecular complexity index is 3670. The molecule has 5 aliphatic rings. The molecule has 4 N–H and O–H groups in total. The van der Waals surface area contributed by atoms with E-state index >= 15 is 0 Å². The largest absolute Gasteiger partial charge is 0.455 e. The van der Waals surface area contributed by atoms with E-state index in [1.807, 2.05) is 36.4 Å². The van der Waals surface area contributed by atoms with Crippen LogP contribution in [0.25, 0.3) is 16.6 Å². The van der Waals surface area contributed by atoms with E-state index in [2.05, 4.69) is 66.0 Å². The van der Waals surface area contributed by atoms with E-state index in [1.54, 1.807) is 47.1 Å². The molecule has 6 heterocycles. The number of hydrogen-bond donors (Lipinski definition) is 4. The lowest BCUT2D eigenvalue weighted by Crippen LogP contribution is -2.52. The van der Waals surface area contributed by atoms with Gasteiger partial charge < -0.3 is 29.7 Å². The summed E-state index contributed by atoms with van der Waals surface area (Å²) in [6, 6.07) is 25.6. The first kappa shape index (κ1) is 59.4. The van der Waals surface area contributed by atoms with Crippen molar-refractivity contribution in [3.8, 4) is 11.5 Å². The number of hydrogen-bond acceptors (Lipinski definition) is 15. The van der Waals surface area contributed by atoms with Crippen LogP contribution in [-0.2, 0) is 26.2 Å². The molecule has 1 unspecified atom stereocenters. The maximum Gasteiger partial charge on any atom is 0.293 e. The van der Waals surface area contributed by atoms with Gasteiger partial charge in [0.25, 0.3) is 27.5 Å². The third-order valence-electron chi connectivity index (χ3n) is 17.2. The van der Waals surface area contributed by atoms with Gasteiger partial charge in [0.05, 0.1) is 21.6 Å². The summed E-state index contributed by atoms with van der Waals surface area (Å²) in [5, 5.41) is 19.6. The average Bonchev–Trinajstić information content (AvgIpc) is 2.99. The van der Waals surface area contributed by atoms with E-state index in [4.69, 9.17) is 16.3 Å². The molecule has 4 aromatic carbocycles. The number of pyridine rings is 1. The Morgan fingerprint density at radius 2 is 1.71 bits per heavy atom. The van der Waals surface area contributed by atoms with Crippen LogP contribution < -0.4 is 25.0 Å². The van der Waals surface area contributed by atoms with E-state index in [9.17, 15) is 37.7 Å². The summed E-state index contributed by atoms with van der Waals surface area (Å²) in [5.74, 6) is -0.251. The highest BCUT2D eigenvalue weighted by Crippen LogP contribution is 2.44. The molecule has 4 amide bonds. The van der Waals surface area contributed by atoms with Gasteiger partial charge in [-0.05, 0) is 165 Å². The Labute approximate surface area is 504 Å². The molecule has 4 aliphatic heterocycles. The molecule has 85 heavy (non-hydrogen) atoms. The summed E-state index contributed by atoms with van der Waals surface area (Å²) in [4.78, 5) is 80.3. The highest BCUT2D eigenvalue weighted by molar-refractivity contribution is 7.99. The van der Waals surface area contributed by atoms with Crippen molar-refractivity contribution in [1.82, 2.24) is 34.7 Å². The van der Waals surface area contributed by atoms with Gasteiger partial charge in [-0.1, -0.05) is 55.6 Å². The minimum Gasteiger partial charge on any atom is -0.455 e. The number of carbonyl (C=O) groups is 4. The number of ether oxygens (including phenoxy) is 1. The maximum atomic E-state index is 14.2. The number of piperidine rings is 2. The van der Waals surface area contributed by atoms with Crippen molar-refractivity contribution in [1.29, 1.82) is 0 Å². The summed E-state index contributed by atoms with van der Waals surface area (Å²) in [6.07, 6.45) is 11.9. The van der Waals surface area contributed by atoms with Crippen LogP contribution in [-0.4, -0.2) is 132 Å². The molecule has 11 rings (SSSR count). The number of aromatic nitrogens is 2. The summed E-state index contributed by atoms with van der Waals surface area (Å²) in [6.45, 7) is 12.1. The first-order chi connectivity index (χ1) is 40.9. The lowest BCUT2D eigenvalue weighted by Gasteiger charge is -2.39. The molecule has 0 radical (unpaired) electrons. The number of amides is 4. The molecule has 2 aromatic heterocycles. The summed E-state index contributed by atoms with van der Waals surface area (Å²) >= 11 is 8.00. The molecular formula is C63H71ClN10O9S2. The number of benzene rings is 4. The highest BCUT2D eigenvalue weighted by atomic mass is 35.5. The summed E-state index contributed by atoms with van der Waals surface area (Å²) in [5.41, 5.74) is 7.02. The van der Waals surface area contributed by atoms with Crippen molar-refractivity contribution in [2.45, 2.75) is 100 Å². The quantitative estimate of drug-likeness (QED) is 0.0173. The lowest BCUT2D eigenvalue weighted by atomic mass is 9.72. The van der Waals surface area contributed by atoms with Gasteiger partial charge in [-0.3, -0.25) is 39.5 Å². The van der Waals surface area contributed by atoms with Crippen LogP contribution in [0.15, 0.2) is 119 Å². The fourth-order valence-corrected chi connectivity index (χ4v) is 14.6. The standard InChI is InChI=1S/C63H71ClN10O9S2/c1-63(2)23-19-44(51(36-63)42-9-11-45(64)12-10-42)39-71-28-30-72(31-29-71)46-13-15-50(56(34-46)83-47-33-43-20-24-65-59(43)67-38-47)60(76)69-85(81,82)48-14-16-53(55(35-48)74(79)80)66-37-41-21-26-70(27-22-41)25-4-3-5-32-84-57-8-6-7-49-52(57)40-73(62(49)78)54-17-18-58(75)68-61(54)77/h6-16,20,24,33-35,38,41,54,66H,3-5,17-19,21-23,25-32,36-37,39-40H2,1-2H3,(H,65,67)(H,69,76)(H,68,75,77). The van der Waals surface area contributed by atoms with Crippen LogP contribution in [0.3, 0.4) is 0 Å². The van der Waals surface area contributed by atoms with Gasteiger partial charge in [-0.2, -0.15) is 0 Å². The van der Waals surface area contributed by atoms with E-state index in [1.165, 1.54) is 35.0 Å². The zero-order chi connectivity index (χ0) is 59.4.